The van der Waals surface area contributed by atoms with Gasteiger partial charge in [-0.15, -0.1) is 12.4 Å². The molecule has 2 heterocycles. The van der Waals surface area contributed by atoms with Gasteiger partial charge in [0.05, 0.1) is 31.2 Å². The van der Waals surface area contributed by atoms with Crippen molar-refractivity contribution < 1.29 is 43.4 Å². The molecule has 0 spiro atoms. The van der Waals surface area contributed by atoms with Crippen molar-refractivity contribution in [2.75, 3.05) is 14.2 Å². The molecule has 3 amide bonds. The van der Waals surface area contributed by atoms with E-state index >= 15 is 0 Å². The predicted molar refractivity (Wildman–Crippen MR) is 191 cm³/mol. The lowest BCUT2D eigenvalue weighted by Crippen LogP contribution is -2.58. The smallest absolute Gasteiger partial charge is 0.325 e. The van der Waals surface area contributed by atoms with Crippen LogP contribution in [0.15, 0.2) is 60.7 Å². The summed E-state index contributed by atoms with van der Waals surface area (Å²) in [5.74, 6) is -4.23. The first kappa shape index (κ1) is 41.0. The zero-order chi connectivity index (χ0) is 37.4. The Morgan fingerprint density at radius 1 is 1.04 bits per heavy atom. The zero-order valence-corrected chi connectivity index (χ0v) is 29.8. The summed E-state index contributed by atoms with van der Waals surface area (Å²) in [5, 5.41) is 31.3. The minimum absolute atomic E-state index is 0. The quantitative estimate of drug-likeness (QED) is 0.0995. The van der Waals surface area contributed by atoms with Gasteiger partial charge < -0.3 is 46.7 Å². The molecule has 3 aromatic carbocycles. The molecule has 0 aromatic heterocycles. The molecule has 16 nitrogen and oxygen atoms in total. The van der Waals surface area contributed by atoms with Crippen LogP contribution < -0.4 is 36.9 Å². The molecular formula is C35H43ClN6O10. The van der Waals surface area contributed by atoms with Gasteiger partial charge in [0.25, 0.3) is 0 Å². The molecule has 5 atom stereocenters. The molecule has 2 aliphatic heterocycles. The number of carbonyl (C=O) groups is 4. The van der Waals surface area contributed by atoms with Crippen LogP contribution in [-0.2, 0) is 36.8 Å². The fourth-order valence-electron chi connectivity index (χ4n) is 5.68. The number of hydrogen-bond donors (Lipinski definition) is 6. The van der Waals surface area contributed by atoms with E-state index in [1.165, 1.54) is 37.4 Å². The minimum atomic E-state index is -1.55. The summed E-state index contributed by atoms with van der Waals surface area (Å²) >= 11 is 0. The van der Waals surface area contributed by atoms with E-state index in [-0.39, 0.29) is 59.5 Å². The largest absolute Gasteiger partial charge is 0.504 e. The maximum absolute atomic E-state index is 14.1. The number of rotatable bonds is 10. The highest BCUT2D eigenvalue weighted by atomic mass is 35.5. The van der Waals surface area contributed by atoms with Gasteiger partial charge in [-0.25, -0.2) is 0 Å². The first-order valence-corrected chi connectivity index (χ1v) is 16.1. The van der Waals surface area contributed by atoms with Gasteiger partial charge in [0.1, 0.15) is 18.1 Å². The van der Waals surface area contributed by atoms with E-state index in [2.05, 4.69) is 16.0 Å². The Labute approximate surface area is 306 Å². The Balaban J connectivity index is 0.00000729. The van der Waals surface area contributed by atoms with Crippen LogP contribution in [0.4, 0.5) is 5.69 Å². The fraction of sp³-hybridized carbons (Fsp3) is 0.371. The van der Waals surface area contributed by atoms with Crippen LogP contribution in [0.3, 0.4) is 0 Å². The molecule has 17 heteroatoms. The highest BCUT2D eigenvalue weighted by Gasteiger charge is 2.35. The molecule has 0 aliphatic carbocycles. The maximum atomic E-state index is 14.1. The van der Waals surface area contributed by atoms with Crippen LogP contribution in [0, 0.1) is 16.0 Å². The summed E-state index contributed by atoms with van der Waals surface area (Å²) in [4.78, 5) is 65.7. The van der Waals surface area contributed by atoms with E-state index in [0.29, 0.717) is 12.0 Å². The topological polar surface area (TPSA) is 247 Å². The lowest BCUT2D eigenvalue weighted by atomic mass is 9.96. The number of benzene rings is 3. The van der Waals surface area contributed by atoms with Crippen LogP contribution in [0.5, 0.6) is 23.0 Å². The second kappa shape index (κ2) is 18.2. The van der Waals surface area contributed by atoms with E-state index in [1.54, 1.807) is 30.3 Å². The van der Waals surface area contributed by atoms with Crippen LogP contribution in [0.1, 0.15) is 43.0 Å². The summed E-state index contributed by atoms with van der Waals surface area (Å²) in [6.07, 6.45) is 0.0500. The van der Waals surface area contributed by atoms with E-state index in [1.807, 2.05) is 13.8 Å². The first-order chi connectivity index (χ1) is 24.2. The molecule has 0 fully saturated rings. The average Bonchev–Trinajstić information content (AvgIpc) is 3.09. The third-order valence-corrected chi connectivity index (χ3v) is 8.24. The number of nitrogens with two attached hydrogens (primary N) is 2. The maximum Gasteiger partial charge on any atom is 0.325 e. The number of carbonyl (C=O) groups excluding carboxylic acids is 4. The van der Waals surface area contributed by atoms with E-state index < -0.39 is 70.3 Å². The van der Waals surface area contributed by atoms with Gasteiger partial charge in [-0.3, -0.25) is 29.3 Å². The monoisotopic (exact) mass is 742 g/mol. The lowest BCUT2D eigenvalue weighted by molar-refractivity contribution is -0.385. The Bertz CT molecular complexity index is 1780. The summed E-state index contributed by atoms with van der Waals surface area (Å²) < 4.78 is 16.1. The molecule has 280 valence electrons. The third-order valence-electron chi connectivity index (χ3n) is 8.24. The molecule has 2 aliphatic rings. The van der Waals surface area contributed by atoms with E-state index in [9.17, 15) is 34.4 Å². The standard InChI is InChI=1S/C35H42N6O10.ClH/c1-18(2)12-22(36)32(43)38-24-14-20-10-11-27(25(15-20)41(47)48)51-28-17-21(16-26(42)31(28)49-3)30(29(37)35(46)50-4)40-34(45)23(39-33(24)44)13-19-8-6-5-7-9-19;/h5-11,15-18,22-24,29-30,42H,12-14,36-37H2,1-4H3,(H,38,43)(H,39,44)(H,40,45);1H/t22-,23+,24-,29-,30-;/m1./s1. The van der Waals surface area contributed by atoms with Gasteiger partial charge in [0.15, 0.2) is 11.5 Å². The van der Waals surface area contributed by atoms with Crippen LogP contribution >= 0.6 is 12.4 Å². The van der Waals surface area contributed by atoms with Crippen molar-refractivity contribution in [1.29, 1.82) is 0 Å². The second-order valence-corrected chi connectivity index (χ2v) is 12.5. The molecule has 0 saturated heterocycles. The molecule has 0 unspecified atom stereocenters. The van der Waals surface area contributed by atoms with Crippen molar-refractivity contribution in [3.8, 4) is 23.0 Å². The Kier molecular flexibility index (Phi) is 14.3. The Hall–Kier alpha value is -5.45. The van der Waals surface area contributed by atoms with Gasteiger partial charge in [0.2, 0.25) is 29.2 Å². The molecule has 8 N–H and O–H groups in total. The highest BCUT2D eigenvalue weighted by Crippen LogP contribution is 2.43. The average molecular weight is 743 g/mol. The van der Waals surface area contributed by atoms with Gasteiger partial charge >= 0.3 is 11.7 Å². The van der Waals surface area contributed by atoms with E-state index in [0.717, 1.165) is 7.11 Å². The molecule has 0 saturated carbocycles. The molecule has 0 radical (unpaired) electrons. The molecular weight excluding hydrogens is 700 g/mol. The lowest BCUT2D eigenvalue weighted by Gasteiger charge is -2.29. The number of amides is 3. The number of nitro groups is 1. The zero-order valence-electron chi connectivity index (χ0n) is 29.0. The number of esters is 1. The van der Waals surface area contributed by atoms with Gasteiger partial charge in [-0.05, 0) is 47.2 Å². The van der Waals surface area contributed by atoms with Crippen molar-refractivity contribution in [2.24, 2.45) is 17.4 Å². The minimum Gasteiger partial charge on any atom is -0.504 e. The number of fused-ring (bicyclic) bond motifs is 9. The van der Waals surface area contributed by atoms with Crippen LogP contribution in [0.2, 0.25) is 0 Å². The molecule has 5 rings (SSSR count). The number of halogens is 1. The fourth-order valence-corrected chi connectivity index (χ4v) is 5.68. The number of aromatic hydroxyl groups is 1. The van der Waals surface area contributed by atoms with Crippen molar-refractivity contribution in [2.45, 2.75) is 63.3 Å². The number of phenols is 1. The highest BCUT2D eigenvalue weighted by molar-refractivity contribution is 5.94. The van der Waals surface area contributed by atoms with E-state index in [4.69, 9.17) is 25.7 Å². The summed E-state index contributed by atoms with van der Waals surface area (Å²) in [6, 6.07) is 8.63. The Morgan fingerprint density at radius 2 is 1.73 bits per heavy atom. The summed E-state index contributed by atoms with van der Waals surface area (Å²) in [6.45, 7) is 3.77. The normalized spacial score (nSPS) is 18.5. The van der Waals surface area contributed by atoms with Crippen LogP contribution in [-0.4, -0.2) is 72.1 Å². The summed E-state index contributed by atoms with van der Waals surface area (Å²) in [7, 11) is 2.34. The molecule has 4 bridgehead atoms. The SMILES string of the molecule is COC(=O)[C@H](N)[C@@H]1NC(=O)[C@H](Cc2ccccc2)NC(=O)[C@H](NC(=O)[C@H](N)CC(C)C)Cc2ccc(c([N+](=O)[O-])c2)Oc2cc1cc(O)c2OC.Cl. The van der Waals surface area contributed by atoms with Crippen molar-refractivity contribution in [1.82, 2.24) is 16.0 Å². The van der Waals surface area contributed by atoms with Gasteiger partial charge in [-0.2, -0.15) is 0 Å². The van der Waals surface area contributed by atoms with Gasteiger partial charge in [0, 0.05) is 18.9 Å². The van der Waals surface area contributed by atoms with Crippen molar-refractivity contribution in [3.63, 3.8) is 0 Å². The predicted octanol–water partition coefficient (Wildman–Crippen LogP) is 2.32. The third kappa shape index (κ3) is 10.1. The number of nitro benzene ring substituents is 1. The van der Waals surface area contributed by atoms with Crippen LogP contribution in [0.25, 0.3) is 0 Å². The number of methoxy groups -OCH3 is 2. The number of nitrogens with one attached hydrogen (secondary N) is 3. The molecule has 52 heavy (non-hydrogen) atoms. The number of ether oxygens (including phenoxy) is 3. The van der Waals surface area contributed by atoms with Crippen molar-refractivity contribution in [3.05, 3.63) is 87.5 Å². The van der Waals surface area contributed by atoms with Gasteiger partial charge in [-0.1, -0.05) is 50.2 Å². The number of hydrogen-bond acceptors (Lipinski definition) is 12. The number of nitrogens with zero attached hydrogens (tertiary/aromatic N) is 1. The summed E-state index contributed by atoms with van der Waals surface area (Å²) in [5.41, 5.74) is 12.9. The Morgan fingerprint density at radius 3 is 2.35 bits per heavy atom. The molecule has 3 aromatic rings. The van der Waals surface area contributed by atoms with Crippen molar-refractivity contribution >= 4 is 41.8 Å². The second-order valence-electron chi connectivity index (χ2n) is 12.5. The number of phenolic OH excluding ortho intramolecular Hbond substituents is 1. The first-order valence-electron chi connectivity index (χ1n) is 16.1.